The predicted molar refractivity (Wildman–Crippen MR) is 193 cm³/mol. The number of benzene rings is 8. The van der Waals surface area contributed by atoms with Crippen LogP contribution in [0.4, 0.5) is 26.3 Å². The minimum absolute atomic E-state index is 0.202. The van der Waals surface area contributed by atoms with Crippen molar-refractivity contribution in [2.75, 3.05) is 0 Å². The van der Waals surface area contributed by atoms with Crippen molar-refractivity contribution in [3.63, 3.8) is 0 Å². The van der Waals surface area contributed by atoms with Crippen LogP contribution < -0.4 is 0 Å². The van der Waals surface area contributed by atoms with Crippen LogP contribution >= 0.6 is 0 Å². The van der Waals surface area contributed by atoms with Crippen LogP contribution in [0.15, 0.2) is 158 Å². The minimum atomic E-state index is -5.57. The van der Waals surface area contributed by atoms with E-state index in [9.17, 15) is 8.78 Å². The quantitative estimate of drug-likeness (QED) is 0.128. The van der Waals surface area contributed by atoms with Crippen molar-refractivity contribution in [1.29, 1.82) is 0 Å². The Labute approximate surface area is 289 Å². The predicted octanol–water partition coefficient (Wildman–Crippen LogP) is 13.6. The minimum Gasteiger partial charge on any atom is -0.194 e. The smallest absolute Gasteiger partial charge is 0.194 e. The summed E-state index contributed by atoms with van der Waals surface area (Å²) in [6, 6.07) is 48.7. The fourth-order valence-corrected chi connectivity index (χ4v) is 7.48. The van der Waals surface area contributed by atoms with Gasteiger partial charge >= 0.3 is 17.8 Å². The van der Waals surface area contributed by atoms with Gasteiger partial charge in [-0.05, 0) is 113 Å². The lowest BCUT2D eigenvalue weighted by Gasteiger charge is -2.23. The summed E-state index contributed by atoms with van der Waals surface area (Å²) in [5, 5.41) is 2.75. The van der Waals surface area contributed by atoms with Gasteiger partial charge in [0.15, 0.2) is 0 Å². The SMILES string of the molecule is FC1(F)c2cc3c4ccc(-c5cccc(-c6ccccc6)c5)cc4c4cc(-c5cccc(-c6ccccc6)c5)ccc4c3cc2C(F)(F)C1(F)F. The van der Waals surface area contributed by atoms with Crippen LogP contribution in [-0.4, -0.2) is 5.92 Å². The van der Waals surface area contributed by atoms with Crippen molar-refractivity contribution in [3.05, 3.63) is 169 Å². The van der Waals surface area contributed by atoms with Gasteiger partial charge in [0, 0.05) is 11.1 Å². The van der Waals surface area contributed by atoms with Crippen LogP contribution in [0, 0.1) is 0 Å². The van der Waals surface area contributed by atoms with Crippen molar-refractivity contribution in [2.24, 2.45) is 0 Å². The molecule has 0 N–H and O–H groups in total. The van der Waals surface area contributed by atoms with E-state index in [1.54, 1.807) is 12.1 Å². The van der Waals surface area contributed by atoms with Gasteiger partial charge in [0.2, 0.25) is 0 Å². The molecule has 51 heavy (non-hydrogen) atoms. The zero-order chi connectivity index (χ0) is 35.1. The first-order valence-electron chi connectivity index (χ1n) is 16.5. The van der Waals surface area contributed by atoms with E-state index in [4.69, 9.17) is 0 Å². The zero-order valence-corrected chi connectivity index (χ0v) is 26.8. The number of rotatable bonds is 4. The summed E-state index contributed by atoms with van der Waals surface area (Å²) in [7, 11) is 0. The van der Waals surface area contributed by atoms with Gasteiger partial charge < -0.3 is 0 Å². The van der Waals surface area contributed by atoms with E-state index in [-0.39, 0.29) is 10.8 Å². The van der Waals surface area contributed by atoms with Crippen LogP contribution in [0.25, 0.3) is 76.8 Å². The van der Waals surface area contributed by atoms with E-state index in [2.05, 4.69) is 12.1 Å². The molecule has 9 rings (SSSR count). The van der Waals surface area contributed by atoms with E-state index in [0.717, 1.165) is 56.6 Å². The highest BCUT2D eigenvalue weighted by molar-refractivity contribution is 6.26. The molecule has 8 aromatic rings. The molecule has 0 saturated heterocycles. The van der Waals surface area contributed by atoms with E-state index in [0.29, 0.717) is 21.5 Å². The average Bonchev–Trinajstić information content (AvgIpc) is 3.27. The second-order valence-corrected chi connectivity index (χ2v) is 13.1. The number of fused-ring (bicyclic) bond motifs is 7. The van der Waals surface area contributed by atoms with Crippen molar-refractivity contribution in [3.8, 4) is 44.5 Å². The second kappa shape index (κ2) is 11.1. The highest BCUT2D eigenvalue weighted by atomic mass is 19.3. The maximum atomic E-state index is 15.1. The van der Waals surface area contributed by atoms with Crippen LogP contribution in [0.5, 0.6) is 0 Å². The topological polar surface area (TPSA) is 0 Å². The number of hydrogen-bond acceptors (Lipinski definition) is 0. The molecule has 0 heterocycles. The Hall–Kier alpha value is -5.88. The van der Waals surface area contributed by atoms with E-state index in [1.165, 1.54) is 0 Å². The lowest BCUT2D eigenvalue weighted by atomic mass is 9.88. The molecule has 0 aliphatic heterocycles. The average molecular weight is 681 g/mol. The van der Waals surface area contributed by atoms with Gasteiger partial charge in [-0.15, -0.1) is 0 Å². The summed E-state index contributed by atoms with van der Waals surface area (Å²) in [6.07, 6.45) is 0. The summed E-state index contributed by atoms with van der Waals surface area (Å²) in [4.78, 5) is 0. The van der Waals surface area contributed by atoms with Crippen molar-refractivity contribution < 1.29 is 26.3 Å². The molecule has 248 valence electrons. The number of halogens is 6. The van der Waals surface area contributed by atoms with Crippen LogP contribution in [0.2, 0.25) is 0 Å². The zero-order valence-electron chi connectivity index (χ0n) is 26.8. The first kappa shape index (κ1) is 31.1. The van der Waals surface area contributed by atoms with E-state index in [1.807, 2.05) is 121 Å². The monoisotopic (exact) mass is 680 g/mol. The summed E-state index contributed by atoms with van der Waals surface area (Å²) in [5.41, 5.74) is 4.94. The molecule has 6 heteroatoms. The summed E-state index contributed by atoms with van der Waals surface area (Å²) >= 11 is 0. The van der Waals surface area contributed by atoms with Crippen molar-refractivity contribution >= 4 is 32.3 Å². The van der Waals surface area contributed by atoms with Crippen LogP contribution in [-0.2, 0) is 11.8 Å². The summed E-state index contributed by atoms with van der Waals surface area (Å²) in [5.74, 6) is -15.7. The molecule has 0 bridgehead atoms. The molecule has 0 saturated carbocycles. The van der Waals surface area contributed by atoms with Gasteiger partial charge in [-0.2, -0.15) is 26.3 Å². The molecular formula is C45H26F6. The Morgan fingerprint density at radius 3 is 0.961 bits per heavy atom. The summed E-state index contributed by atoms with van der Waals surface area (Å²) < 4.78 is 89.7. The third-order valence-electron chi connectivity index (χ3n) is 10.1. The fraction of sp³-hybridized carbons (Fsp3) is 0.0667. The molecule has 0 unspecified atom stereocenters. The highest BCUT2D eigenvalue weighted by Gasteiger charge is 2.79. The lowest BCUT2D eigenvalue weighted by molar-refractivity contribution is -0.302. The molecule has 0 spiro atoms. The van der Waals surface area contributed by atoms with Crippen molar-refractivity contribution in [1.82, 2.24) is 0 Å². The third kappa shape index (κ3) is 4.62. The molecule has 0 atom stereocenters. The van der Waals surface area contributed by atoms with Gasteiger partial charge in [-0.3, -0.25) is 0 Å². The van der Waals surface area contributed by atoms with Crippen LogP contribution in [0.3, 0.4) is 0 Å². The molecule has 1 aliphatic rings. The summed E-state index contributed by atoms with van der Waals surface area (Å²) in [6.45, 7) is 0. The normalized spacial score (nSPS) is 15.7. The van der Waals surface area contributed by atoms with Gasteiger partial charge in [-0.25, -0.2) is 0 Å². The molecule has 0 nitrogen and oxygen atoms in total. The standard InChI is InChI=1S/C45H26F6/c46-43(47)41-25-39-35-19-17-33(31-15-7-13-29(21-31)27-9-3-1-4-10-27)23-37(35)38-24-34(32-16-8-14-30(22-32)28-11-5-2-6-12-28)18-20-36(38)40(39)26-42(41)44(48,49)45(43,50)51/h1-26H. The molecule has 1 aliphatic carbocycles. The second-order valence-electron chi connectivity index (χ2n) is 13.1. The highest BCUT2D eigenvalue weighted by Crippen LogP contribution is 2.63. The Balaban J connectivity index is 1.31. The maximum Gasteiger partial charge on any atom is 0.380 e. The Morgan fingerprint density at radius 2 is 0.569 bits per heavy atom. The van der Waals surface area contributed by atoms with Crippen molar-refractivity contribution in [2.45, 2.75) is 17.8 Å². The van der Waals surface area contributed by atoms with Gasteiger partial charge in [0.25, 0.3) is 0 Å². The molecule has 0 fully saturated rings. The molecule has 0 aromatic heterocycles. The van der Waals surface area contributed by atoms with Gasteiger partial charge in [-0.1, -0.05) is 121 Å². The Morgan fingerprint density at radius 1 is 0.255 bits per heavy atom. The fourth-order valence-electron chi connectivity index (χ4n) is 7.48. The molecular weight excluding hydrogens is 654 g/mol. The maximum absolute atomic E-state index is 15.1. The third-order valence-corrected chi connectivity index (χ3v) is 10.1. The first-order valence-corrected chi connectivity index (χ1v) is 16.5. The largest absolute Gasteiger partial charge is 0.380 e. The van der Waals surface area contributed by atoms with Gasteiger partial charge in [0.1, 0.15) is 0 Å². The van der Waals surface area contributed by atoms with Crippen LogP contribution in [0.1, 0.15) is 11.1 Å². The number of hydrogen-bond donors (Lipinski definition) is 0. The Kier molecular flexibility index (Phi) is 6.75. The molecule has 8 aromatic carbocycles. The lowest BCUT2D eigenvalue weighted by Crippen LogP contribution is -2.43. The van der Waals surface area contributed by atoms with E-state index < -0.39 is 28.9 Å². The van der Waals surface area contributed by atoms with E-state index >= 15 is 17.6 Å². The Bertz CT molecular complexity index is 2480. The number of alkyl halides is 6. The first-order chi connectivity index (χ1) is 24.5. The molecule has 0 amide bonds. The molecule has 0 radical (unpaired) electrons. The van der Waals surface area contributed by atoms with Gasteiger partial charge in [0.05, 0.1) is 0 Å².